The third-order valence-electron chi connectivity index (χ3n) is 2.85. The van der Waals surface area contributed by atoms with Gasteiger partial charge in [0.2, 0.25) is 0 Å². The van der Waals surface area contributed by atoms with Crippen molar-refractivity contribution >= 4 is 0 Å². The molecule has 0 fully saturated rings. The van der Waals surface area contributed by atoms with Crippen molar-refractivity contribution in [1.82, 2.24) is 5.32 Å². The maximum absolute atomic E-state index is 13.7. The average Bonchev–Trinajstić information content (AvgIpc) is 2.42. The van der Waals surface area contributed by atoms with E-state index >= 15 is 0 Å². The zero-order valence-corrected chi connectivity index (χ0v) is 11.6. The lowest BCUT2D eigenvalue weighted by Gasteiger charge is -2.20. The monoisotopic (exact) mass is 311 g/mol. The third-order valence-corrected chi connectivity index (χ3v) is 2.85. The number of ether oxygens (including phenoxy) is 1. The number of halogens is 5. The van der Waals surface area contributed by atoms with Crippen molar-refractivity contribution in [2.45, 2.75) is 32.2 Å². The molecule has 0 saturated carbocycles. The summed E-state index contributed by atoms with van der Waals surface area (Å²) in [5.74, 6) is -3.29. The Labute approximate surface area is 120 Å². The van der Waals surface area contributed by atoms with Gasteiger partial charge in [-0.25, -0.2) is 22.0 Å². The first-order chi connectivity index (χ1) is 9.95. The highest BCUT2D eigenvalue weighted by Crippen LogP contribution is 2.23. The lowest BCUT2D eigenvalue weighted by molar-refractivity contribution is 0.0143. The van der Waals surface area contributed by atoms with E-state index < -0.39 is 36.5 Å². The van der Waals surface area contributed by atoms with Crippen molar-refractivity contribution in [1.29, 1.82) is 0 Å². The minimum absolute atomic E-state index is 0.0375. The molecule has 0 amide bonds. The van der Waals surface area contributed by atoms with Crippen molar-refractivity contribution in [3.05, 3.63) is 35.1 Å². The maximum atomic E-state index is 13.7. The molecule has 0 bridgehead atoms. The lowest BCUT2D eigenvalue weighted by Crippen LogP contribution is -2.25. The molecule has 1 aromatic carbocycles. The summed E-state index contributed by atoms with van der Waals surface area (Å²) >= 11 is 0. The Kier molecular flexibility index (Phi) is 7.60. The first kappa shape index (κ1) is 17.8. The van der Waals surface area contributed by atoms with Gasteiger partial charge < -0.3 is 10.1 Å². The van der Waals surface area contributed by atoms with Gasteiger partial charge >= 0.3 is 0 Å². The molecule has 1 rings (SSSR count). The van der Waals surface area contributed by atoms with E-state index in [-0.39, 0.29) is 18.6 Å². The van der Waals surface area contributed by atoms with Crippen molar-refractivity contribution in [3.8, 4) is 0 Å². The highest BCUT2D eigenvalue weighted by atomic mass is 19.3. The van der Waals surface area contributed by atoms with E-state index in [1.807, 2.05) is 6.92 Å². The Balaban J connectivity index is 2.74. The largest absolute Gasteiger partial charge is 0.375 e. The Morgan fingerprint density at radius 1 is 1.10 bits per heavy atom. The smallest absolute Gasteiger partial charge is 0.261 e. The van der Waals surface area contributed by atoms with Gasteiger partial charge in [0.05, 0.1) is 0 Å². The molecule has 21 heavy (non-hydrogen) atoms. The first-order valence-corrected chi connectivity index (χ1v) is 6.69. The fourth-order valence-electron chi connectivity index (χ4n) is 1.86. The van der Waals surface area contributed by atoms with E-state index in [0.717, 1.165) is 12.5 Å². The molecule has 0 aliphatic heterocycles. The molecule has 1 unspecified atom stereocenters. The SMILES string of the molecule is CCCNC(CCOCC(F)F)c1cc(F)c(F)cc1F. The molecule has 0 heterocycles. The summed E-state index contributed by atoms with van der Waals surface area (Å²) in [7, 11) is 0. The molecule has 7 heteroatoms. The molecule has 0 spiro atoms. The van der Waals surface area contributed by atoms with Gasteiger partial charge in [0, 0.05) is 24.3 Å². The minimum atomic E-state index is -2.58. The van der Waals surface area contributed by atoms with Gasteiger partial charge in [0.15, 0.2) is 11.6 Å². The molecule has 0 aliphatic rings. The predicted octanol–water partition coefficient (Wildman–Crippen LogP) is 3.82. The van der Waals surface area contributed by atoms with Crippen LogP contribution in [0.5, 0.6) is 0 Å². The summed E-state index contributed by atoms with van der Waals surface area (Å²) in [5, 5.41) is 2.96. The third kappa shape index (κ3) is 5.97. The number of hydrogen-bond donors (Lipinski definition) is 1. The van der Waals surface area contributed by atoms with Crippen LogP contribution in [0.15, 0.2) is 12.1 Å². The minimum Gasteiger partial charge on any atom is -0.375 e. The van der Waals surface area contributed by atoms with E-state index in [2.05, 4.69) is 5.32 Å². The van der Waals surface area contributed by atoms with E-state index in [0.29, 0.717) is 12.6 Å². The van der Waals surface area contributed by atoms with Crippen LogP contribution in [0.3, 0.4) is 0 Å². The molecule has 0 aliphatic carbocycles. The van der Waals surface area contributed by atoms with Crippen molar-refractivity contribution in [2.75, 3.05) is 19.8 Å². The van der Waals surface area contributed by atoms with Crippen LogP contribution in [-0.4, -0.2) is 26.2 Å². The quantitative estimate of drug-likeness (QED) is 0.425. The van der Waals surface area contributed by atoms with Gasteiger partial charge in [-0.15, -0.1) is 0 Å². The molecule has 1 atom stereocenters. The molecule has 0 saturated heterocycles. The van der Waals surface area contributed by atoms with Gasteiger partial charge in [-0.3, -0.25) is 0 Å². The molecule has 1 N–H and O–H groups in total. The highest BCUT2D eigenvalue weighted by Gasteiger charge is 2.18. The van der Waals surface area contributed by atoms with Gasteiger partial charge in [0.1, 0.15) is 12.4 Å². The summed E-state index contributed by atoms with van der Waals surface area (Å²) in [6, 6.07) is 0.633. The summed E-state index contributed by atoms with van der Waals surface area (Å²) in [5.41, 5.74) is -0.0389. The standard InChI is InChI=1S/C14H18F5NO/c1-2-4-20-13(3-5-21-8-14(18)19)9-6-11(16)12(17)7-10(9)15/h6-7,13-14,20H,2-5,8H2,1H3. The molecule has 2 nitrogen and oxygen atoms in total. The Hall–Kier alpha value is -1.21. The van der Waals surface area contributed by atoms with E-state index in [1.54, 1.807) is 0 Å². The van der Waals surface area contributed by atoms with Gasteiger partial charge in [-0.2, -0.15) is 0 Å². The van der Waals surface area contributed by atoms with Crippen LogP contribution in [0.1, 0.15) is 31.4 Å². The van der Waals surface area contributed by atoms with Crippen LogP contribution >= 0.6 is 0 Å². The molecular weight excluding hydrogens is 293 g/mol. The fourth-order valence-corrected chi connectivity index (χ4v) is 1.86. The predicted molar refractivity (Wildman–Crippen MR) is 68.8 cm³/mol. The molecule has 120 valence electrons. The normalized spacial score (nSPS) is 12.9. The van der Waals surface area contributed by atoms with E-state index in [1.165, 1.54) is 0 Å². The number of nitrogens with one attached hydrogen (secondary N) is 1. The zero-order valence-electron chi connectivity index (χ0n) is 11.6. The van der Waals surface area contributed by atoms with Crippen molar-refractivity contribution in [3.63, 3.8) is 0 Å². The summed E-state index contributed by atoms with van der Waals surface area (Å²) in [4.78, 5) is 0. The van der Waals surface area contributed by atoms with Crippen molar-refractivity contribution < 1.29 is 26.7 Å². The average molecular weight is 311 g/mol. The topological polar surface area (TPSA) is 21.3 Å². The fraction of sp³-hybridized carbons (Fsp3) is 0.571. The Morgan fingerprint density at radius 3 is 2.38 bits per heavy atom. The number of alkyl halides is 2. The van der Waals surface area contributed by atoms with Crippen molar-refractivity contribution in [2.24, 2.45) is 0 Å². The number of rotatable bonds is 9. The first-order valence-electron chi connectivity index (χ1n) is 6.69. The summed E-state index contributed by atoms with van der Waals surface area (Å²) < 4.78 is 68.6. The number of hydrogen-bond acceptors (Lipinski definition) is 2. The highest BCUT2D eigenvalue weighted by molar-refractivity contribution is 5.23. The van der Waals surface area contributed by atoms with Crippen LogP contribution in [0.4, 0.5) is 22.0 Å². The van der Waals surface area contributed by atoms with Crippen LogP contribution in [0, 0.1) is 17.5 Å². The zero-order chi connectivity index (χ0) is 15.8. The second-order valence-electron chi connectivity index (χ2n) is 4.55. The summed E-state index contributed by atoms with van der Waals surface area (Å²) in [6.45, 7) is 1.67. The second-order valence-corrected chi connectivity index (χ2v) is 4.55. The Morgan fingerprint density at radius 2 is 1.76 bits per heavy atom. The molecule has 0 aromatic heterocycles. The Bertz CT molecular complexity index is 442. The molecular formula is C14H18F5NO. The van der Waals surface area contributed by atoms with E-state index in [9.17, 15) is 22.0 Å². The second kappa shape index (κ2) is 8.94. The van der Waals surface area contributed by atoms with Crippen LogP contribution in [0.25, 0.3) is 0 Å². The summed E-state index contributed by atoms with van der Waals surface area (Å²) in [6.07, 6.45) is -1.65. The molecule has 1 aromatic rings. The van der Waals surface area contributed by atoms with Gasteiger partial charge in [-0.05, 0) is 25.5 Å². The van der Waals surface area contributed by atoms with Crippen LogP contribution in [-0.2, 0) is 4.74 Å². The molecule has 0 radical (unpaired) electrons. The van der Waals surface area contributed by atoms with Gasteiger partial charge in [-0.1, -0.05) is 6.92 Å². The maximum Gasteiger partial charge on any atom is 0.261 e. The van der Waals surface area contributed by atoms with Crippen LogP contribution < -0.4 is 5.32 Å². The lowest BCUT2D eigenvalue weighted by atomic mass is 10.0. The van der Waals surface area contributed by atoms with Crippen LogP contribution in [0.2, 0.25) is 0 Å². The van der Waals surface area contributed by atoms with Gasteiger partial charge in [0.25, 0.3) is 6.43 Å². The van der Waals surface area contributed by atoms with E-state index in [4.69, 9.17) is 4.74 Å². The number of benzene rings is 1.